The highest BCUT2D eigenvalue weighted by Crippen LogP contribution is 2.37. The van der Waals surface area contributed by atoms with Crippen molar-refractivity contribution < 1.29 is 24.5 Å². The third kappa shape index (κ3) is 3.21. The molecular weight excluding hydrogens is 322 g/mol. The second kappa shape index (κ2) is 6.57. The third-order valence-electron chi connectivity index (χ3n) is 4.59. The standard InChI is InChI=1S/C19H19NO5/c1-25-17(21)16-11-19(24,12-20(16)18(22)23)15-9-7-14(8-10-15)13-5-3-2-4-6-13/h2-10,16,24H,11-12H2,1H3,(H,22,23). The molecule has 1 fully saturated rings. The number of esters is 1. The first-order valence-corrected chi connectivity index (χ1v) is 7.90. The first-order valence-electron chi connectivity index (χ1n) is 7.90. The van der Waals surface area contributed by atoms with Crippen LogP contribution in [0.25, 0.3) is 11.1 Å². The molecule has 2 aromatic rings. The molecule has 0 saturated carbocycles. The van der Waals surface area contributed by atoms with Gasteiger partial charge in [0.25, 0.3) is 0 Å². The van der Waals surface area contributed by atoms with Crippen LogP contribution < -0.4 is 0 Å². The van der Waals surface area contributed by atoms with Crippen LogP contribution in [0.3, 0.4) is 0 Å². The lowest BCUT2D eigenvalue weighted by molar-refractivity contribution is -0.145. The maximum atomic E-state index is 11.8. The van der Waals surface area contributed by atoms with Crippen LogP contribution in [-0.4, -0.2) is 46.9 Å². The van der Waals surface area contributed by atoms with E-state index in [9.17, 15) is 19.8 Å². The number of β-amino-alcohol motifs (C(OH)–C–C–N with tert-alkyl or cyclic N) is 1. The fourth-order valence-corrected chi connectivity index (χ4v) is 3.25. The summed E-state index contributed by atoms with van der Waals surface area (Å²) >= 11 is 0. The molecule has 1 amide bonds. The Morgan fingerprint density at radius 3 is 2.24 bits per heavy atom. The van der Waals surface area contributed by atoms with Crippen LogP contribution in [0, 0.1) is 0 Å². The summed E-state index contributed by atoms with van der Waals surface area (Å²) in [5, 5.41) is 20.3. The van der Waals surface area contributed by atoms with Gasteiger partial charge in [0.15, 0.2) is 0 Å². The number of carboxylic acid groups (broad SMARTS) is 1. The zero-order chi connectivity index (χ0) is 18.0. The van der Waals surface area contributed by atoms with E-state index < -0.39 is 23.7 Å². The maximum Gasteiger partial charge on any atom is 0.408 e. The summed E-state index contributed by atoms with van der Waals surface area (Å²) in [4.78, 5) is 24.2. The van der Waals surface area contributed by atoms with E-state index in [1.807, 2.05) is 42.5 Å². The molecule has 2 atom stereocenters. The monoisotopic (exact) mass is 341 g/mol. The second-order valence-electron chi connectivity index (χ2n) is 6.13. The van der Waals surface area contributed by atoms with Crippen LogP contribution in [0.2, 0.25) is 0 Å². The molecule has 6 heteroatoms. The van der Waals surface area contributed by atoms with Crippen molar-refractivity contribution in [3.05, 3.63) is 60.2 Å². The molecule has 130 valence electrons. The summed E-state index contributed by atoms with van der Waals surface area (Å²) in [6.45, 7) is -0.174. The summed E-state index contributed by atoms with van der Waals surface area (Å²) in [6, 6.07) is 16.1. The normalized spacial score (nSPS) is 22.6. The Labute approximate surface area is 145 Å². The Morgan fingerprint density at radius 1 is 1.08 bits per heavy atom. The third-order valence-corrected chi connectivity index (χ3v) is 4.59. The molecule has 2 aromatic carbocycles. The fraction of sp³-hybridized carbons (Fsp3) is 0.263. The highest BCUT2D eigenvalue weighted by atomic mass is 16.5. The minimum atomic E-state index is -1.42. The van der Waals surface area contributed by atoms with Gasteiger partial charge in [0.2, 0.25) is 0 Å². The number of carbonyl (C=O) groups excluding carboxylic acids is 1. The van der Waals surface area contributed by atoms with Crippen molar-refractivity contribution in [3.63, 3.8) is 0 Å². The van der Waals surface area contributed by atoms with Crippen molar-refractivity contribution in [2.45, 2.75) is 18.1 Å². The van der Waals surface area contributed by atoms with Crippen molar-refractivity contribution >= 4 is 12.1 Å². The molecule has 25 heavy (non-hydrogen) atoms. The largest absolute Gasteiger partial charge is 0.467 e. The van der Waals surface area contributed by atoms with Crippen molar-refractivity contribution in [1.29, 1.82) is 0 Å². The minimum Gasteiger partial charge on any atom is -0.467 e. The van der Waals surface area contributed by atoms with E-state index in [1.165, 1.54) is 7.11 Å². The molecule has 3 rings (SSSR count). The van der Waals surface area contributed by atoms with E-state index >= 15 is 0 Å². The van der Waals surface area contributed by atoms with Crippen molar-refractivity contribution in [2.75, 3.05) is 13.7 Å². The van der Waals surface area contributed by atoms with Crippen LogP contribution in [0.15, 0.2) is 54.6 Å². The van der Waals surface area contributed by atoms with Gasteiger partial charge in [-0.25, -0.2) is 9.59 Å². The number of rotatable bonds is 3. The van der Waals surface area contributed by atoms with E-state index in [0.717, 1.165) is 16.0 Å². The van der Waals surface area contributed by atoms with Crippen molar-refractivity contribution in [1.82, 2.24) is 4.90 Å². The summed E-state index contributed by atoms with van der Waals surface area (Å²) in [5.41, 5.74) is 1.19. The van der Waals surface area contributed by atoms with Gasteiger partial charge in [0.05, 0.1) is 13.7 Å². The van der Waals surface area contributed by atoms with E-state index in [4.69, 9.17) is 0 Å². The molecule has 1 saturated heterocycles. The van der Waals surface area contributed by atoms with E-state index in [1.54, 1.807) is 12.1 Å². The molecule has 1 aliphatic heterocycles. The molecule has 6 nitrogen and oxygen atoms in total. The van der Waals surface area contributed by atoms with Crippen LogP contribution >= 0.6 is 0 Å². The highest BCUT2D eigenvalue weighted by Gasteiger charge is 2.49. The van der Waals surface area contributed by atoms with Gasteiger partial charge in [-0.05, 0) is 16.7 Å². The minimum absolute atomic E-state index is 0.0311. The molecule has 2 N–H and O–H groups in total. The summed E-state index contributed by atoms with van der Waals surface area (Å²) < 4.78 is 4.67. The SMILES string of the molecule is COC(=O)C1CC(O)(c2ccc(-c3ccccc3)cc2)CN1C(=O)O. The molecule has 1 aliphatic rings. The summed E-state index contributed by atoms with van der Waals surface area (Å²) in [6.07, 6.45) is -1.29. The predicted octanol–water partition coefficient (Wildman–Crippen LogP) is 2.47. The molecule has 1 heterocycles. The molecule has 0 spiro atoms. The Morgan fingerprint density at radius 2 is 1.68 bits per heavy atom. The lowest BCUT2D eigenvalue weighted by atomic mass is 9.90. The Balaban J connectivity index is 1.88. The first-order chi connectivity index (χ1) is 11.9. The number of ether oxygens (including phenoxy) is 1. The summed E-state index contributed by atoms with van der Waals surface area (Å²) in [5.74, 6) is -0.667. The quantitative estimate of drug-likeness (QED) is 0.838. The average molecular weight is 341 g/mol. The topological polar surface area (TPSA) is 87.1 Å². The van der Waals surface area contributed by atoms with E-state index in [2.05, 4.69) is 4.74 Å². The van der Waals surface area contributed by atoms with Crippen LogP contribution in [0.1, 0.15) is 12.0 Å². The van der Waals surface area contributed by atoms with Gasteiger partial charge in [-0.2, -0.15) is 0 Å². The number of hydrogen-bond donors (Lipinski definition) is 2. The van der Waals surface area contributed by atoms with Crippen molar-refractivity contribution in [3.8, 4) is 11.1 Å². The van der Waals surface area contributed by atoms with Gasteiger partial charge in [0, 0.05) is 6.42 Å². The van der Waals surface area contributed by atoms with Gasteiger partial charge < -0.3 is 14.9 Å². The molecule has 0 aromatic heterocycles. The predicted molar refractivity (Wildman–Crippen MR) is 90.9 cm³/mol. The number of nitrogens with zero attached hydrogens (tertiary/aromatic N) is 1. The molecule has 0 radical (unpaired) electrons. The number of methoxy groups -OCH3 is 1. The fourth-order valence-electron chi connectivity index (χ4n) is 3.25. The molecular formula is C19H19NO5. The number of hydrogen-bond acceptors (Lipinski definition) is 4. The lowest BCUT2D eigenvalue weighted by Gasteiger charge is -2.23. The van der Waals surface area contributed by atoms with Gasteiger partial charge in [-0.1, -0.05) is 54.6 Å². The maximum absolute atomic E-state index is 11.8. The number of carbonyl (C=O) groups is 2. The number of likely N-dealkylation sites (tertiary alicyclic amines) is 1. The van der Waals surface area contributed by atoms with Crippen molar-refractivity contribution in [2.24, 2.45) is 0 Å². The molecule has 0 aliphatic carbocycles. The zero-order valence-corrected chi connectivity index (χ0v) is 13.8. The molecule has 0 bridgehead atoms. The summed E-state index contributed by atoms with van der Waals surface area (Å²) in [7, 11) is 1.20. The van der Waals surface area contributed by atoms with Crippen LogP contribution in [0.5, 0.6) is 0 Å². The smallest absolute Gasteiger partial charge is 0.408 e. The number of amides is 1. The highest BCUT2D eigenvalue weighted by molar-refractivity contribution is 5.82. The van der Waals surface area contributed by atoms with Crippen LogP contribution in [0.4, 0.5) is 4.79 Å². The zero-order valence-electron chi connectivity index (χ0n) is 13.8. The van der Waals surface area contributed by atoms with Gasteiger partial charge >= 0.3 is 12.1 Å². The Kier molecular flexibility index (Phi) is 4.46. The lowest BCUT2D eigenvalue weighted by Crippen LogP contribution is -2.40. The first kappa shape index (κ1) is 17.0. The van der Waals surface area contributed by atoms with Crippen LogP contribution in [-0.2, 0) is 15.1 Å². The Hall–Kier alpha value is -2.86. The van der Waals surface area contributed by atoms with Gasteiger partial charge in [0.1, 0.15) is 11.6 Å². The number of aliphatic hydroxyl groups is 1. The molecule has 2 unspecified atom stereocenters. The van der Waals surface area contributed by atoms with Gasteiger partial charge in [-0.15, -0.1) is 0 Å². The second-order valence-corrected chi connectivity index (χ2v) is 6.13. The number of benzene rings is 2. The van der Waals surface area contributed by atoms with E-state index in [0.29, 0.717) is 5.56 Å². The van der Waals surface area contributed by atoms with Gasteiger partial charge in [-0.3, -0.25) is 4.90 Å². The Bertz CT molecular complexity index is 774. The van der Waals surface area contributed by atoms with E-state index in [-0.39, 0.29) is 13.0 Å². The average Bonchev–Trinajstić information content (AvgIpc) is 3.01.